The van der Waals surface area contributed by atoms with Gasteiger partial charge in [-0.1, -0.05) is 11.8 Å². The van der Waals surface area contributed by atoms with E-state index < -0.39 is 0 Å². The maximum absolute atomic E-state index is 13.0. The van der Waals surface area contributed by atoms with Crippen LogP contribution in [-0.2, 0) is 0 Å². The maximum Gasteiger partial charge on any atom is 0.224 e. The number of halogens is 1. The third-order valence-corrected chi connectivity index (χ3v) is 2.72. The van der Waals surface area contributed by atoms with Gasteiger partial charge >= 0.3 is 0 Å². The number of nitrogens with zero attached hydrogens (tertiary/aromatic N) is 3. The summed E-state index contributed by atoms with van der Waals surface area (Å²) in [7, 11) is 0. The lowest BCUT2D eigenvalue weighted by molar-refractivity contribution is 0.625. The number of aromatic nitrogens is 3. The first-order valence-corrected chi connectivity index (χ1v) is 5.87. The standard InChI is InChI=1S/C10H11FN4S/c1-6-5-7(11)3-4-8(6)15-9(12)13-10(14-15)16-2/h3-5H,1-2H3,(H2,12,13,14). The molecule has 0 aliphatic heterocycles. The van der Waals surface area contributed by atoms with Crippen LogP contribution in [0.5, 0.6) is 0 Å². The summed E-state index contributed by atoms with van der Waals surface area (Å²) in [4.78, 5) is 4.07. The van der Waals surface area contributed by atoms with Crippen molar-refractivity contribution in [2.75, 3.05) is 12.0 Å². The van der Waals surface area contributed by atoms with Crippen LogP contribution in [-0.4, -0.2) is 21.0 Å². The topological polar surface area (TPSA) is 56.7 Å². The summed E-state index contributed by atoms with van der Waals surface area (Å²) in [5.74, 6) is 0.0316. The molecule has 0 radical (unpaired) electrons. The van der Waals surface area contributed by atoms with Gasteiger partial charge in [-0.3, -0.25) is 0 Å². The Morgan fingerprint density at radius 3 is 2.75 bits per heavy atom. The second-order valence-electron chi connectivity index (χ2n) is 3.30. The molecule has 1 aromatic heterocycles. The zero-order valence-electron chi connectivity index (χ0n) is 8.94. The normalized spacial score (nSPS) is 10.7. The van der Waals surface area contributed by atoms with E-state index in [2.05, 4.69) is 10.1 Å². The van der Waals surface area contributed by atoms with Gasteiger partial charge < -0.3 is 5.73 Å². The minimum absolute atomic E-state index is 0.273. The summed E-state index contributed by atoms with van der Waals surface area (Å²) in [6.07, 6.45) is 1.87. The summed E-state index contributed by atoms with van der Waals surface area (Å²) >= 11 is 1.41. The largest absolute Gasteiger partial charge is 0.368 e. The van der Waals surface area contributed by atoms with Gasteiger partial charge in [0.1, 0.15) is 5.82 Å². The van der Waals surface area contributed by atoms with E-state index in [4.69, 9.17) is 5.73 Å². The van der Waals surface area contributed by atoms with Crippen molar-refractivity contribution in [3.05, 3.63) is 29.6 Å². The summed E-state index contributed by atoms with van der Waals surface area (Å²) in [6.45, 7) is 1.80. The summed E-state index contributed by atoms with van der Waals surface area (Å²) < 4.78 is 14.5. The van der Waals surface area contributed by atoms with E-state index in [-0.39, 0.29) is 5.82 Å². The van der Waals surface area contributed by atoms with Crippen molar-refractivity contribution in [1.82, 2.24) is 14.8 Å². The SMILES string of the molecule is CSc1nc(N)n(-c2ccc(F)cc2C)n1. The van der Waals surface area contributed by atoms with Gasteiger partial charge in [-0.15, -0.1) is 5.10 Å². The van der Waals surface area contributed by atoms with Gasteiger partial charge in [0.25, 0.3) is 0 Å². The Kier molecular flexibility index (Phi) is 2.82. The highest BCUT2D eigenvalue weighted by atomic mass is 32.2. The van der Waals surface area contributed by atoms with Crippen LogP contribution in [0.2, 0.25) is 0 Å². The molecule has 84 valence electrons. The molecule has 2 rings (SSSR count). The van der Waals surface area contributed by atoms with Crippen LogP contribution < -0.4 is 5.73 Å². The van der Waals surface area contributed by atoms with Gasteiger partial charge in [0, 0.05) is 0 Å². The lowest BCUT2D eigenvalue weighted by atomic mass is 10.2. The second-order valence-corrected chi connectivity index (χ2v) is 4.07. The Bertz CT molecular complexity index is 524. The fraction of sp³-hybridized carbons (Fsp3) is 0.200. The Labute approximate surface area is 96.7 Å². The van der Waals surface area contributed by atoms with Gasteiger partial charge in [0.05, 0.1) is 5.69 Å². The molecule has 6 heteroatoms. The maximum atomic E-state index is 13.0. The molecule has 0 spiro atoms. The minimum atomic E-state index is -0.273. The lowest BCUT2D eigenvalue weighted by Gasteiger charge is -2.05. The number of thioether (sulfide) groups is 1. The second kappa shape index (κ2) is 4.13. The van der Waals surface area contributed by atoms with Crippen LogP contribution in [0.1, 0.15) is 5.56 Å². The lowest BCUT2D eigenvalue weighted by Crippen LogP contribution is -2.04. The fourth-order valence-corrected chi connectivity index (χ4v) is 1.77. The average molecular weight is 238 g/mol. The number of hydrogen-bond donors (Lipinski definition) is 1. The first-order chi connectivity index (χ1) is 7.61. The average Bonchev–Trinajstić information content (AvgIpc) is 2.60. The first-order valence-electron chi connectivity index (χ1n) is 4.65. The molecule has 2 aromatic rings. The molecule has 0 aliphatic carbocycles. The van der Waals surface area contributed by atoms with Gasteiger partial charge in [0.15, 0.2) is 0 Å². The van der Waals surface area contributed by atoms with Crippen LogP contribution in [0.15, 0.2) is 23.4 Å². The Morgan fingerprint density at radius 1 is 1.44 bits per heavy atom. The highest BCUT2D eigenvalue weighted by Gasteiger charge is 2.10. The van der Waals surface area contributed by atoms with Crippen LogP contribution in [0.4, 0.5) is 10.3 Å². The molecule has 0 aliphatic rings. The molecule has 0 bridgehead atoms. The molecule has 16 heavy (non-hydrogen) atoms. The third kappa shape index (κ3) is 1.88. The quantitative estimate of drug-likeness (QED) is 0.813. The molecule has 4 nitrogen and oxygen atoms in total. The number of benzene rings is 1. The van der Waals surface area contributed by atoms with E-state index >= 15 is 0 Å². The van der Waals surface area contributed by atoms with Crippen LogP contribution in [0.25, 0.3) is 5.69 Å². The van der Waals surface area contributed by atoms with Crippen molar-refractivity contribution in [3.63, 3.8) is 0 Å². The molecular weight excluding hydrogens is 227 g/mol. The number of anilines is 1. The number of aryl methyl sites for hydroxylation is 1. The van der Waals surface area contributed by atoms with Crippen molar-refractivity contribution in [3.8, 4) is 5.69 Å². The highest BCUT2D eigenvalue weighted by molar-refractivity contribution is 7.98. The predicted molar refractivity (Wildman–Crippen MR) is 62.2 cm³/mol. The van der Waals surface area contributed by atoms with Crippen molar-refractivity contribution >= 4 is 17.7 Å². The zero-order valence-corrected chi connectivity index (χ0v) is 9.75. The van der Waals surface area contributed by atoms with E-state index in [0.29, 0.717) is 11.1 Å². The Morgan fingerprint density at radius 2 is 2.19 bits per heavy atom. The summed E-state index contributed by atoms with van der Waals surface area (Å²) in [5, 5.41) is 4.81. The van der Waals surface area contributed by atoms with Gasteiger partial charge in [0.2, 0.25) is 11.1 Å². The van der Waals surface area contributed by atoms with E-state index in [0.717, 1.165) is 11.3 Å². The van der Waals surface area contributed by atoms with Gasteiger partial charge in [-0.25, -0.2) is 4.39 Å². The Hall–Kier alpha value is -1.56. The third-order valence-electron chi connectivity index (χ3n) is 2.18. The fourth-order valence-electron chi connectivity index (χ4n) is 1.42. The summed E-state index contributed by atoms with van der Waals surface area (Å²) in [6, 6.07) is 4.46. The number of hydrogen-bond acceptors (Lipinski definition) is 4. The van der Waals surface area contributed by atoms with Gasteiger partial charge in [-0.2, -0.15) is 9.67 Å². The molecule has 1 heterocycles. The van der Waals surface area contributed by atoms with Crippen LogP contribution in [0, 0.1) is 12.7 Å². The monoisotopic (exact) mass is 238 g/mol. The minimum Gasteiger partial charge on any atom is -0.368 e. The molecule has 0 unspecified atom stereocenters. The van der Waals surface area contributed by atoms with E-state index in [1.165, 1.54) is 28.6 Å². The molecule has 2 N–H and O–H groups in total. The molecule has 0 atom stereocenters. The predicted octanol–water partition coefficient (Wildman–Crippen LogP) is 2.02. The number of nitrogen functional groups attached to an aromatic ring is 1. The molecular formula is C10H11FN4S. The zero-order chi connectivity index (χ0) is 11.7. The molecule has 0 amide bonds. The van der Waals surface area contributed by atoms with E-state index in [1.54, 1.807) is 13.0 Å². The molecule has 0 fully saturated rings. The van der Waals surface area contributed by atoms with Crippen molar-refractivity contribution in [1.29, 1.82) is 0 Å². The van der Waals surface area contributed by atoms with Crippen molar-refractivity contribution in [2.24, 2.45) is 0 Å². The summed E-state index contributed by atoms with van der Waals surface area (Å²) in [5.41, 5.74) is 7.25. The first kappa shape index (κ1) is 10.9. The van der Waals surface area contributed by atoms with Crippen LogP contribution >= 0.6 is 11.8 Å². The van der Waals surface area contributed by atoms with Crippen molar-refractivity contribution in [2.45, 2.75) is 12.1 Å². The Balaban J connectivity index is 2.53. The number of nitrogens with two attached hydrogens (primary N) is 1. The van der Waals surface area contributed by atoms with Crippen molar-refractivity contribution < 1.29 is 4.39 Å². The van der Waals surface area contributed by atoms with Gasteiger partial charge in [-0.05, 0) is 36.9 Å². The molecule has 1 aromatic carbocycles. The van der Waals surface area contributed by atoms with E-state index in [9.17, 15) is 4.39 Å². The smallest absolute Gasteiger partial charge is 0.224 e. The molecule has 0 saturated carbocycles. The van der Waals surface area contributed by atoms with E-state index in [1.807, 2.05) is 6.26 Å². The highest BCUT2D eigenvalue weighted by Crippen LogP contribution is 2.19. The molecule has 0 saturated heterocycles. The van der Waals surface area contributed by atoms with Crippen LogP contribution in [0.3, 0.4) is 0 Å². The number of rotatable bonds is 2.